The van der Waals surface area contributed by atoms with E-state index in [-0.39, 0.29) is 11.3 Å². The molecule has 4 N–H and O–H groups in total. The summed E-state index contributed by atoms with van der Waals surface area (Å²) < 4.78 is 18.1. The number of hydrazine groups is 1. The highest BCUT2D eigenvalue weighted by molar-refractivity contribution is 5.95. The Labute approximate surface area is 90.5 Å². The van der Waals surface area contributed by atoms with Crippen LogP contribution in [0.15, 0.2) is 18.2 Å². The maximum atomic E-state index is 13.3. The standard InChI is InChI=1S/C9H10FN3O3/c1-16-5-2-3-6(7(10)4-5)8(14)12-13-9(11)15/h2-4H,1H3,(H,12,14)(H3,11,13,15). The molecule has 0 radical (unpaired) electrons. The lowest BCUT2D eigenvalue weighted by molar-refractivity contribution is 0.0933. The molecular formula is C9H10FN3O3. The van der Waals surface area contributed by atoms with Crippen LogP contribution in [0.5, 0.6) is 5.75 Å². The predicted octanol–water partition coefficient (Wildman–Crippen LogP) is 0.147. The summed E-state index contributed by atoms with van der Waals surface area (Å²) in [6.07, 6.45) is 0. The molecule has 1 aromatic carbocycles. The van der Waals surface area contributed by atoms with E-state index in [0.717, 1.165) is 6.07 Å². The van der Waals surface area contributed by atoms with Gasteiger partial charge < -0.3 is 10.5 Å². The van der Waals surface area contributed by atoms with Crippen molar-refractivity contribution < 1.29 is 18.7 Å². The number of halogens is 1. The average molecular weight is 227 g/mol. The van der Waals surface area contributed by atoms with Gasteiger partial charge in [0, 0.05) is 6.07 Å². The van der Waals surface area contributed by atoms with Crippen molar-refractivity contribution in [2.24, 2.45) is 5.73 Å². The molecule has 0 aliphatic heterocycles. The number of amides is 3. The molecule has 0 fully saturated rings. The van der Waals surface area contributed by atoms with Gasteiger partial charge in [-0.05, 0) is 12.1 Å². The molecule has 3 amide bonds. The first-order chi connectivity index (χ1) is 7.54. The molecule has 0 saturated carbocycles. The van der Waals surface area contributed by atoms with E-state index < -0.39 is 17.8 Å². The Morgan fingerprint density at radius 2 is 2.06 bits per heavy atom. The molecule has 7 heteroatoms. The number of hydrogen-bond donors (Lipinski definition) is 3. The molecule has 0 unspecified atom stereocenters. The van der Waals surface area contributed by atoms with Gasteiger partial charge in [-0.2, -0.15) is 0 Å². The van der Waals surface area contributed by atoms with Crippen molar-refractivity contribution in [1.82, 2.24) is 10.9 Å². The fourth-order valence-corrected chi connectivity index (χ4v) is 0.993. The van der Waals surface area contributed by atoms with Gasteiger partial charge in [-0.3, -0.25) is 10.2 Å². The lowest BCUT2D eigenvalue weighted by atomic mass is 10.2. The van der Waals surface area contributed by atoms with Gasteiger partial charge in [0.15, 0.2) is 0 Å². The summed E-state index contributed by atoms with van der Waals surface area (Å²) in [5, 5.41) is 0. The molecular weight excluding hydrogens is 217 g/mol. The SMILES string of the molecule is COc1ccc(C(=O)NNC(N)=O)c(F)c1. The van der Waals surface area contributed by atoms with Gasteiger partial charge in [0.1, 0.15) is 11.6 Å². The lowest BCUT2D eigenvalue weighted by Crippen LogP contribution is -2.44. The normalized spacial score (nSPS) is 9.38. The maximum Gasteiger partial charge on any atom is 0.330 e. The number of urea groups is 1. The number of methoxy groups -OCH3 is 1. The highest BCUT2D eigenvalue weighted by Gasteiger charge is 2.12. The second-order valence-corrected chi connectivity index (χ2v) is 2.79. The molecule has 86 valence electrons. The highest BCUT2D eigenvalue weighted by Crippen LogP contribution is 2.15. The first-order valence-electron chi connectivity index (χ1n) is 4.24. The number of ether oxygens (including phenoxy) is 1. The van der Waals surface area contributed by atoms with Gasteiger partial charge in [0.2, 0.25) is 0 Å². The minimum absolute atomic E-state index is 0.227. The van der Waals surface area contributed by atoms with E-state index in [1.165, 1.54) is 19.2 Å². The van der Waals surface area contributed by atoms with E-state index in [1.54, 1.807) is 0 Å². The van der Waals surface area contributed by atoms with Crippen molar-refractivity contribution >= 4 is 11.9 Å². The summed E-state index contributed by atoms with van der Waals surface area (Å²) in [5.41, 5.74) is 8.27. The van der Waals surface area contributed by atoms with Crippen LogP contribution in [0.25, 0.3) is 0 Å². The quantitative estimate of drug-likeness (QED) is 0.627. The van der Waals surface area contributed by atoms with E-state index in [9.17, 15) is 14.0 Å². The molecule has 0 saturated heterocycles. The van der Waals surface area contributed by atoms with Crippen LogP contribution in [0.1, 0.15) is 10.4 Å². The van der Waals surface area contributed by atoms with Gasteiger partial charge in [0.25, 0.3) is 5.91 Å². The van der Waals surface area contributed by atoms with Crippen molar-refractivity contribution in [1.29, 1.82) is 0 Å². The molecule has 1 aromatic rings. The molecule has 0 aliphatic carbocycles. The van der Waals surface area contributed by atoms with Crippen LogP contribution in [-0.2, 0) is 0 Å². The molecule has 0 spiro atoms. The summed E-state index contributed by atoms with van der Waals surface area (Å²) in [4.78, 5) is 21.6. The summed E-state index contributed by atoms with van der Waals surface area (Å²) in [6.45, 7) is 0. The monoisotopic (exact) mass is 227 g/mol. The van der Waals surface area contributed by atoms with Crippen LogP contribution >= 0.6 is 0 Å². The summed E-state index contributed by atoms with van der Waals surface area (Å²) in [7, 11) is 1.38. The van der Waals surface area contributed by atoms with E-state index in [4.69, 9.17) is 10.5 Å². The highest BCUT2D eigenvalue weighted by atomic mass is 19.1. The van der Waals surface area contributed by atoms with Crippen molar-refractivity contribution in [3.05, 3.63) is 29.6 Å². The second-order valence-electron chi connectivity index (χ2n) is 2.79. The van der Waals surface area contributed by atoms with Gasteiger partial charge in [-0.15, -0.1) is 0 Å². The molecule has 0 aliphatic rings. The van der Waals surface area contributed by atoms with E-state index in [0.29, 0.717) is 0 Å². The minimum atomic E-state index is -0.942. The molecule has 0 bridgehead atoms. The molecule has 16 heavy (non-hydrogen) atoms. The Morgan fingerprint density at radius 1 is 1.38 bits per heavy atom. The number of carbonyl (C=O) groups is 2. The molecule has 0 atom stereocenters. The smallest absolute Gasteiger partial charge is 0.330 e. The van der Waals surface area contributed by atoms with E-state index in [2.05, 4.69) is 0 Å². The minimum Gasteiger partial charge on any atom is -0.497 e. The zero-order chi connectivity index (χ0) is 12.1. The number of nitrogens with one attached hydrogen (secondary N) is 2. The van der Waals surface area contributed by atoms with Gasteiger partial charge in [-0.1, -0.05) is 0 Å². The summed E-state index contributed by atoms with van der Waals surface area (Å²) >= 11 is 0. The van der Waals surface area contributed by atoms with Crippen LogP contribution in [0.2, 0.25) is 0 Å². The largest absolute Gasteiger partial charge is 0.497 e. The first-order valence-corrected chi connectivity index (χ1v) is 4.24. The Morgan fingerprint density at radius 3 is 2.56 bits per heavy atom. The second kappa shape index (κ2) is 4.96. The zero-order valence-corrected chi connectivity index (χ0v) is 8.41. The van der Waals surface area contributed by atoms with E-state index >= 15 is 0 Å². The zero-order valence-electron chi connectivity index (χ0n) is 8.41. The molecule has 1 rings (SSSR count). The van der Waals surface area contributed by atoms with Gasteiger partial charge in [0.05, 0.1) is 12.7 Å². The predicted molar refractivity (Wildman–Crippen MR) is 53.1 cm³/mol. The average Bonchev–Trinajstić information content (AvgIpc) is 2.25. The number of hydrogen-bond acceptors (Lipinski definition) is 3. The number of primary amides is 1. The third-order valence-corrected chi connectivity index (χ3v) is 1.72. The fourth-order valence-electron chi connectivity index (χ4n) is 0.993. The number of benzene rings is 1. The van der Waals surface area contributed by atoms with Crippen LogP contribution in [0.4, 0.5) is 9.18 Å². The van der Waals surface area contributed by atoms with Crippen LogP contribution in [0.3, 0.4) is 0 Å². The van der Waals surface area contributed by atoms with Gasteiger partial charge in [-0.25, -0.2) is 14.6 Å². The van der Waals surface area contributed by atoms with Crippen molar-refractivity contribution in [3.63, 3.8) is 0 Å². The fraction of sp³-hybridized carbons (Fsp3) is 0.111. The summed E-state index contributed by atoms with van der Waals surface area (Å²) in [6, 6.07) is 2.76. The van der Waals surface area contributed by atoms with Crippen LogP contribution in [0, 0.1) is 5.82 Å². The van der Waals surface area contributed by atoms with E-state index in [1.807, 2.05) is 10.9 Å². The van der Waals surface area contributed by atoms with Crippen molar-refractivity contribution in [2.75, 3.05) is 7.11 Å². The third-order valence-electron chi connectivity index (χ3n) is 1.72. The van der Waals surface area contributed by atoms with Gasteiger partial charge >= 0.3 is 6.03 Å². The molecule has 0 heterocycles. The molecule has 0 aromatic heterocycles. The number of rotatable bonds is 2. The van der Waals surface area contributed by atoms with Crippen LogP contribution < -0.4 is 21.3 Å². The Bertz CT molecular complexity index is 422. The first kappa shape index (κ1) is 11.8. The molecule has 6 nitrogen and oxygen atoms in total. The van der Waals surface area contributed by atoms with Crippen molar-refractivity contribution in [2.45, 2.75) is 0 Å². The van der Waals surface area contributed by atoms with Crippen LogP contribution in [-0.4, -0.2) is 19.0 Å². The lowest BCUT2D eigenvalue weighted by Gasteiger charge is -2.06. The third kappa shape index (κ3) is 2.84. The topological polar surface area (TPSA) is 93.4 Å². The Kier molecular flexibility index (Phi) is 3.65. The number of nitrogens with two attached hydrogens (primary N) is 1. The Hall–Kier alpha value is -2.31. The summed E-state index contributed by atoms with van der Waals surface area (Å²) in [5.74, 6) is -1.28. The van der Waals surface area contributed by atoms with Crippen molar-refractivity contribution in [3.8, 4) is 5.75 Å². The number of carbonyl (C=O) groups excluding carboxylic acids is 2. The Balaban J connectivity index is 2.79. The maximum absolute atomic E-state index is 13.3.